The third-order valence-electron chi connectivity index (χ3n) is 3.21. The molecule has 3 nitrogen and oxygen atoms in total. The second kappa shape index (κ2) is 3.89. The van der Waals surface area contributed by atoms with Crippen LogP contribution < -0.4 is 0 Å². The number of hydrogen-bond donors (Lipinski definition) is 1. The van der Waals surface area contributed by atoms with Crippen LogP contribution in [0.4, 0.5) is 0 Å². The summed E-state index contributed by atoms with van der Waals surface area (Å²) < 4.78 is 0. The summed E-state index contributed by atoms with van der Waals surface area (Å²) in [5.41, 5.74) is -0.103. The van der Waals surface area contributed by atoms with Gasteiger partial charge in [-0.25, -0.2) is 0 Å². The van der Waals surface area contributed by atoms with Gasteiger partial charge in [0.2, 0.25) is 0 Å². The molecule has 1 fully saturated rings. The Morgan fingerprint density at radius 3 is 2.43 bits per heavy atom. The predicted molar refractivity (Wildman–Crippen MR) is 56.3 cm³/mol. The fraction of sp³-hybridized carbons (Fsp3) is 0.909. The third-order valence-corrected chi connectivity index (χ3v) is 3.21. The van der Waals surface area contributed by atoms with Crippen LogP contribution in [0.3, 0.4) is 0 Å². The standard InChI is InChI=1S/C11H21NO2/c1-8(2)12-7-5-6-11(3,4)9(12)10(13)14/h8-9H,5-7H2,1-4H3,(H,13,14). The number of nitrogens with zero attached hydrogens (tertiary/aromatic N) is 1. The maximum atomic E-state index is 11.2. The van der Waals surface area contributed by atoms with Crippen LogP contribution in [0.25, 0.3) is 0 Å². The summed E-state index contributed by atoms with van der Waals surface area (Å²) in [6.07, 6.45) is 2.11. The lowest BCUT2D eigenvalue weighted by Crippen LogP contribution is -2.56. The van der Waals surface area contributed by atoms with E-state index in [-0.39, 0.29) is 11.5 Å². The average molecular weight is 199 g/mol. The quantitative estimate of drug-likeness (QED) is 0.739. The average Bonchev–Trinajstić information content (AvgIpc) is 2.00. The molecule has 1 heterocycles. The highest BCUT2D eigenvalue weighted by atomic mass is 16.4. The number of carboxylic acids is 1. The topological polar surface area (TPSA) is 40.5 Å². The van der Waals surface area contributed by atoms with Crippen LogP contribution in [0.2, 0.25) is 0 Å². The summed E-state index contributed by atoms with van der Waals surface area (Å²) in [5, 5.41) is 9.25. The summed E-state index contributed by atoms with van der Waals surface area (Å²) >= 11 is 0. The Morgan fingerprint density at radius 1 is 1.50 bits per heavy atom. The number of aliphatic carboxylic acids is 1. The second-order valence-corrected chi connectivity index (χ2v) is 5.16. The smallest absolute Gasteiger partial charge is 0.321 e. The minimum absolute atomic E-state index is 0.103. The van der Waals surface area contributed by atoms with Crippen LogP contribution in [0, 0.1) is 5.41 Å². The number of piperidine rings is 1. The number of rotatable bonds is 2. The van der Waals surface area contributed by atoms with Crippen molar-refractivity contribution in [3.05, 3.63) is 0 Å². The molecule has 0 aromatic heterocycles. The van der Waals surface area contributed by atoms with Gasteiger partial charge in [0.15, 0.2) is 0 Å². The van der Waals surface area contributed by atoms with Crippen LogP contribution >= 0.6 is 0 Å². The first-order valence-corrected chi connectivity index (χ1v) is 5.35. The minimum atomic E-state index is -0.677. The molecule has 1 aliphatic heterocycles. The zero-order valence-corrected chi connectivity index (χ0v) is 9.58. The van der Waals surface area contributed by atoms with E-state index >= 15 is 0 Å². The number of likely N-dealkylation sites (tertiary alicyclic amines) is 1. The monoisotopic (exact) mass is 199 g/mol. The molecular formula is C11H21NO2. The van der Waals surface area contributed by atoms with Crippen LogP contribution in [0.5, 0.6) is 0 Å². The van der Waals surface area contributed by atoms with Crippen molar-refractivity contribution in [1.29, 1.82) is 0 Å². The van der Waals surface area contributed by atoms with Crippen LogP contribution in [-0.2, 0) is 4.79 Å². The molecule has 82 valence electrons. The van der Waals surface area contributed by atoms with E-state index in [4.69, 9.17) is 0 Å². The molecule has 0 radical (unpaired) electrons. The van der Waals surface area contributed by atoms with Gasteiger partial charge in [-0.15, -0.1) is 0 Å². The molecule has 1 saturated heterocycles. The molecule has 1 N–H and O–H groups in total. The van der Waals surface area contributed by atoms with Gasteiger partial charge in [0, 0.05) is 6.04 Å². The van der Waals surface area contributed by atoms with Gasteiger partial charge in [-0.3, -0.25) is 9.69 Å². The van der Waals surface area contributed by atoms with Crippen molar-refractivity contribution in [3.63, 3.8) is 0 Å². The lowest BCUT2D eigenvalue weighted by molar-refractivity contribution is -0.152. The molecule has 0 aromatic carbocycles. The Balaban J connectivity index is 2.90. The van der Waals surface area contributed by atoms with Crippen LogP contribution in [-0.4, -0.2) is 34.6 Å². The van der Waals surface area contributed by atoms with Crippen LogP contribution in [0.1, 0.15) is 40.5 Å². The van der Waals surface area contributed by atoms with E-state index in [1.807, 2.05) is 0 Å². The zero-order chi connectivity index (χ0) is 10.9. The van der Waals surface area contributed by atoms with E-state index in [9.17, 15) is 9.90 Å². The highest BCUT2D eigenvalue weighted by Crippen LogP contribution is 2.36. The van der Waals surface area contributed by atoms with Gasteiger partial charge in [-0.1, -0.05) is 13.8 Å². The van der Waals surface area contributed by atoms with Crippen molar-refractivity contribution in [2.45, 2.75) is 52.6 Å². The molecule has 0 amide bonds. The molecule has 1 unspecified atom stereocenters. The maximum absolute atomic E-state index is 11.2. The lowest BCUT2D eigenvalue weighted by Gasteiger charge is -2.45. The van der Waals surface area contributed by atoms with Gasteiger partial charge in [-0.05, 0) is 38.6 Å². The summed E-state index contributed by atoms with van der Waals surface area (Å²) in [6, 6.07) is -0.00748. The van der Waals surface area contributed by atoms with Crippen molar-refractivity contribution >= 4 is 5.97 Å². The SMILES string of the molecule is CC(C)N1CCCC(C)(C)C1C(=O)O. The highest BCUT2D eigenvalue weighted by Gasteiger charge is 2.43. The van der Waals surface area contributed by atoms with E-state index in [2.05, 4.69) is 32.6 Å². The van der Waals surface area contributed by atoms with E-state index < -0.39 is 5.97 Å². The molecule has 0 spiro atoms. The summed E-state index contributed by atoms with van der Waals surface area (Å²) in [6.45, 7) is 9.16. The molecule has 3 heteroatoms. The van der Waals surface area contributed by atoms with E-state index in [1.165, 1.54) is 0 Å². The number of carbonyl (C=O) groups is 1. The molecule has 0 saturated carbocycles. The summed E-state index contributed by atoms with van der Waals surface area (Å²) in [4.78, 5) is 13.3. The molecule has 0 aliphatic carbocycles. The van der Waals surface area contributed by atoms with Gasteiger partial charge in [0.1, 0.15) is 6.04 Å². The first-order chi connectivity index (χ1) is 6.36. The maximum Gasteiger partial charge on any atom is 0.321 e. The first-order valence-electron chi connectivity index (χ1n) is 5.35. The summed E-state index contributed by atoms with van der Waals surface area (Å²) in [5.74, 6) is -0.677. The summed E-state index contributed by atoms with van der Waals surface area (Å²) in [7, 11) is 0. The third kappa shape index (κ3) is 2.08. The fourth-order valence-electron chi connectivity index (χ4n) is 2.46. The minimum Gasteiger partial charge on any atom is -0.480 e. The van der Waals surface area contributed by atoms with Crippen molar-refractivity contribution in [2.75, 3.05) is 6.54 Å². The van der Waals surface area contributed by atoms with Gasteiger partial charge < -0.3 is 5.11 Å². The molecule has 1 atom stereocenters. The molecule has 1 aliphatic rings. The zero-order valence-electron chi connectivity index (χ0n) is 9.58. The van der Waals surface area contributed by atoms with Gasteiger partial charge in [0.25, 0.3) is 0 Å². The molecule has 14 heavy (non-hydrogen) atoms. The van der Waals surface area contributed by atoms with Gasteiger partial charge in [0.05, 0.1) is 0 Å². The molecule has 0 aromatic rings. The van der Waals surface area contributed by atoms with Crippen LogP contribution in [0.15, 0.2) is 0 Å². The second-order valence-electron chi connectivity index (χ2n) is 5.16. The van der Waals surface area contributed by atoms with Crippen molar-refractivity contribution in [1.82, 2.24) is 4.90 Å². The Morgan fingerprint density at radius 2 is 2.07 bits per heavy atom. The Labute approximate surface area is 86.1 Å². The van der Waals surface area contributed by atoms with Crippen molar-refractivity contribution in [3.8, 4) is 0 Å². The van der Waals surface area contributed by atoms with E-state index in [1.54, 1.807) is 0 Å². The molecular weight excluding hydrogens is 178 g/mol. The molecule has 1 rings (SSSR count). The number of hydrogen-bond acceptors (Lipinski definition) is 2. The van der Waals surface area contributed by atoms with Gasteiger partial charge >= 0.3 is 5.97 Å². The largest absolute Gasteiger partial charge is 0.480 e. The Bertz CT molecular complexity index is 223. The Hall–Kier alpha value is -0.570. The van der Waals surface area contributed by atoms with Gasteiger partial charge in [-0.2, -0.15) is 0 Å². The predicted octanol–water partition coefficient (Wildman–Crippen LogP) is 1.97. The van der Waals surface area contributed by atoms with Crippen molar-refractivity contribution in [2.24, 2.45) is 5.41 Å². The van der Waals surface area contributed by atoms with E-state index in [0.717, 1.165) is 19.4 Å². The van der Waals surface area contributed by atoms with E-state index in [0.29, 0.717) is 6.04 Å². The molecule has 0 bridgehead atoms. The lowest BCUT2D eigenvalue weighted by atomic mass is 9.76. The highest BCUT2D eigenvalue weighted by molar-refractivity contribution is 5.74. The fourth-order valence-corrected chi connectivity index (χ4v) is 2.46. The Kier molecular flexibility index (Phi) is 3.20. The van der Waals surface area contributed by atoms with Crippen molar-refractivity contribution < 1.29 is 9.90 Å². The number of carboxylic acid groups (broad SMARTS) is 1. The first kappa shape index (κ1) is 11.5. The normalized spacial score (nSPS) is 27.9.